The largest absolute Gasteiger partial charge is 0.477 e. The molecule has 27 heavy (non-hydrogen) atoms. The molecule has 3 rings (SSSR count). The Hall–Kier alpha value is -2.28. The molecule has 2 aromatic carbocycles. The number of rotatable bonds is 5. The highest BCUT2D eigenvalue weighted by Crippen LogP contribution is 2.33. The number of para-hydroxylation sites is 2. The summed E-state index contributed by atoms with van der Waals surface area (Å²) < 4.78 is 5.58. The number of ether oxygens (including phenoxy) is 1. The summed E-state index contributed by atoms with van der Waals surface area (Å²) in [6, 6.07) is 12.3. The molecule has 0 aliphatic carbocycles. The lowest BCUT2D eigenvalue weighted by atomic mass is 10.1. The average molecular weight is 408 g/mol. The molecule has 6 nitrogen and oxygen atoms in total. The smallest absolute Gasteiger partial charge is 0.260 e. The second-order valence-electron chi connectivity index (χ2n) is 6.26. The summed E-state index contributed by atoms with van der Waals surface area (Å²) in [6.45, 7) is 2.07. The van der Waals surface area contributed by atoms with Crippen LogP contribution >= 0.6 is 23.2 Å². The topological polar surface area (TPSA) is 84.7 Å². The van der Waals surface area contributed by atoms with Crippen molar-refractivity contribution in [3.63, 3.8) is 0 Å². The van der Waals surface area contributed by atoms with Gasteiger partial charge in [0.2, 0.25) is 5.91 Å². The number of hydrogen-bond donors (Lipinski definition) is 2. The van der Waals surface area contributed by atoms with Crippen LogP contribution in [0.5, 0.6) is 5.75 Å². The summed E-state index contributed by atoms with van der Waals surface area (Å²) in [5.41, 5.74) is 6.90. The molecule has 0 saturated carbocycles. The second kappa shape index (κ2) is 8.17. The maximum Gasteiger partial charge on any atom is 0.260 e. The minimum absolute atomic E-state index is 0.0707. The number of anilines is 1. The number of fused-ring (bicyclic) bond motifs is 1. The van der Waals surface area contributed by atoms with Crippen LogP contribution in [0, 0.1) is 0 Å². The predicted molar refractivity (Wildman–Crippen MR) is 105 cm³/mol. The van der Waals surface area contributed by atoms with Crippen molar-refractivity contribution in [2.45, 2.75) is 19.1 Å². The van der Waals surface area contributed by atoms with Crippen molar-refractivity contribution in [2.75, 3.05) is 18.0 Å². The monoisotopic (exact) mass is 407 g/mol. The molecule has 8 heteroatoms. The van der Waals surface area contributed by atoms with Crippen molar-refractivity contribution in [2.24, 2.45) is 5.73 Å². The fourth-order valence-corrected chi connectivity index (χ4v) is 3.16. The number of hydrogen-bond acceptors (Lipinski definition) is 4. The highest BCUT2D eigenvalue weighted by molar-refractivity contribution is 6.42. The van der Waals surface area contributed by atoms with E-state index < -0.39 is 12.0 Å². The van der Waals surface area contributed by atoms with E-state index in [0.717, 1.165) is 5.56 Å². The molecule has 0 radical (unpaired) electrons. The van der Waals surface area contributed by atoms with Gasteiger partial charge in [-0.25, -0.2) is 0 Å². The first-order valence-corrected chi connectivity index (χ1v) is 9.16. The number of halogens is 2. The number of amides is 2. The first kappa shape index (κ1) is 19.5. The molecular formula is C19H19Cl2N3O3. The second-order valence-corrected chi connectivity index (χ2v) is 7.07. The van der Waals surface area contributed by atoms with Gasteiger partial charge in [0.25, 0.3) is 5.91 Å². The Kier molecular flexibility index (Phi) is 5.89. The Bertz CT molecular complexity index is 875. The average Bonchev–Trinajstić information content (AvgIpc) is 2.66. The number of benzene rings is 2. The lowest BCUT2D eigenvalue weighted by molar-refractivity contribution is -0.125. The first-order valence-electron chi connectivity index (χ1n) is 8.40. The summed E-state index contributed by atoms with van der Waals surface area (Å²) in [4.78, 5) is 25.9. The van der Waals surface area contributed by atoms with Crippen LogP contribution in [-0.4, -0.2) is 31.0 Å². The van der Waals surface area contributed by atoms with E-state index in [1.807, 2.05) is 13.0 Å². The molecule has 2 atom stereocenters. The first-order chi connectivity index (χ1) is 12.9. The van der Waals surface area contributed by atoms with Crippen molar-refractivity contribution < 1.29 is 14.3 Å². The minimum atomic E-state index is -0.878. The molecule has 2 amide bonds. The maximum atomic E-state index is 12.8. The highest BCUT2D eigenvalue weighted by Gasteiger charge is 2.32. The summed E-state index contributed by atoms with van der Waals surface area (Å²) in [7, 11) is 0. The lowest BCUT2D eigenvalue weighted by Gasteiger charge is -2.33. The molecule has 0 fully saturated rings. The van der Waals surface area contributed by atoms with E-state index in [9.17, 15) is 9.59 Å². The normalized spacial score (nSPS) is 17.0. The van der Waals surface area contributed by atoms with Gasteiger partial charge in [0.1, 0.15) is 5.75 Å². The lowest BCUT2D eigenvalue weighted by Crippen LogP contribution is -2.51. The van der Waals surface area contributed by atoms with Gasteiger partial charge in [0.15, 0.2) is 6.10 Å². The molecular weight excluding hydrogens is 389 g/mol. The van der Waals surface area contributed by atoms with Gasteiger partial charge < -0.3 is 20.7 Å². The van der Waals surface area contributed by atoms with Gasteiger partial charge in [-0.15, -0.1) is 0 Å². The van der Waals surface area contributed by atoms with Gasteiger partial charge in [-0.1, -0.05) is 41.4 Å². The van der Waals surface area contributed by atoms with Crippen LogP contribution in [0.15, 0.2) is 42.5 Å². The van der Waals surface area contributed by atoms with E-state index in [2.05, 4.69) is 5.32 Å². The molecule has 2 aromatic rings. The summed E-state index contributed by atoms with van der Waals surface area (Å²) in [6.07, 6.45) is -0.878. The standard InChI is InChI=1S/C19H19Cl2N3O3/c1-11(12-6-7-13(20)14(21)8-12)23-9-18(25)24-10-17(19(22)26)27-16-5-3-2-4-15(16)24/h2-8,11,17,23H,9-10H2,1H3,(H2,22,26). The number of primary amides is 1. The van der Waals surface area contributed by atoms with Crippen LogP contribution in [-0.2, 0) is 9.59 Å². The third-order valence-electron chi connectivity index (χ3n) is 4.40. The van der Waals surface area contributed by atoms with E-state index in [-0.39, 0.29) is 25.0 Å². The van der Waals surface area contributed by atoms with Gasteiger partial charge in [-0.2, -0.15) is 0 Å². The predicted octanol–water partition coefficient (Wildman–Crippen LogP) is 2.92. The van der Waals surface area contributed by atoms with Crippen molar-refractivity contribution in [1.29, 1.82) is 0 Å². The van der Waals surface area contributed by atoms with Crippen LogP contribution in [0.3, 0.4) is 0 Å². The molecule has 3 N–H and O–H groups in total. The Morgan fingerprint density at radius 1 is 1.26 bits per heavy atom. The van der Waals surface area contributed by atoms with E-state index >= 15 is 0 Å². The summed E-state index contributed by atoms with van der Waals surface area (Å²) in [5, 5.41) is 4.10. The third-order valence-corrected chi connectivity index (χ3v) is 5.13. The summed E-state index contributed by atoms with van der Waals surface area (Å²) >= 11 is 12.0. The van der Waals surface area contributed by atoms with E-state index in [1.165, 1.54) is 4.90 Å². The molecule has 0 spiro atoms. The quantitative estimate of drug-likeness (QED) is 0.797. The SMILES string of the molecule is CC(NCC(=O)N1CC(C(N)=O)Oc2ccccc21)c1ccc(Cl)c(Cl)c1. The molecule has 1 heterocycles. The Balaban J connectivity index is 1.71. The number of nitrogens with one attached hydrogen (secondary N) is 1. The molecule has 1 aliphatic rings. The van der Waals surface area contributed by atoms with Gasteiger partial charge >= 0.3 is 0 Å². The molecule has 0 bridgehead atoms. The number of carbonyl (C=O) groups is 2. The van der Waals surface area contributed by atoms with Crippen molar-refractivity contribution >= 4 is 40.7 Å². The Morgan fingerprint density at radius 2 is 2.00 bits per heavy atom. The van der Waals surface area contributed by atoms with Crippen LogP contribution in [0.2, 0.25) is 10.0 Å². The fraction of sp³-hybridized carbons (Fsp3) is 0.263. The van der Waals surface area contributed by atoms with E-state index in [4.69, 9.17) is 33.7 Å². The highest BCUT2D eigenvalue weighted by atomic mass is 35.5. The third kappa shape index (κ3) is 4.35. The summed E-state index contributed by atoms with van der Waals surface area (Å²) in [5.74, 6) is -0.346. The molecule has 2 unspecified atom stereocenters. The van der Waals surface area contributed by atoms with Crippen LogP contribution < -0.4 is 20.7 Å². The van der Waals surface area contributed by atoms with Gasteiger partial charge in [0, 0.05) is 6.04 Å². The van der Waals surface area contributed by atoms with Crippen LogP contribution in [0.1, 0.15) is 18.5 Å². The van der Waals surface area contributed by atoms with Gasteiger partial charge in [-0.3, -0.25) is 9.59 Å². The zero-order chi connectivity index (χ0) is 19.6. The maximum absolute atomic E-state index is 12.8. The number of nitrogens with two attached hydrogens (primary N) is 1. The van der Waals surface area contributed by atoms with E-state index in [1.54, 1.807) is 36.4 Å². The number of carbonyl (C=O) groups excluding carboxylic acids is 2. The zero-order valence-electron chi connectivity index (χ0n) is 14.6. The number of nitrogens with zero attached hydrogens (tertiary/aromatic N) is 1. The van der Waals surface area contributed by atoms with Crippen molar-refractivity contribution in [3.8, 4) is 5.75 Å². The van der Waals surface area contributed by atoms with E-state index in [0.29, 0.717) is 21.5 Å². The molecule has 1 aliphatic heterocycles. The van der Waals surface area contributed by atoms with Crippen LogP contribution in [0.4, 0.5) is 5.69 Å². The fourth-order valence-electron chi connectivity index (χ4n) is 2.85. The van der Waals surface area contributed by atoms with Gasteiger partial charge in [-0.05, 0) is 36.8 Å². The van der Waals surface area contributed by atoms with Crippen molar-refractivity contribution in [3.05, 3.63) is 58.1 Å². The van der Waals surface area contributed by atoms with Gasteiger partial charge in [0.05, 0.1) is 28.8 Å². The van der Waals surface area contributed by atoms with Crippen LogP contribution in [0.25, 0.3) is 0 Å². The molecule has 0 aromatic heterocycles. The van der Waals surface area contributed by atoms with Crippen molar-refractivity contribution in [1.82, 2.24) is 5.32 Å². The minimum Gasteiger partial charge on any atom is -0.477 e. The zero-order valence-corrected chi connectivity index (χ0v) is 16.1. The molecule has 142 valence electrons. The Morgan fingerprint density at radius 3 is 2.70 bits per heavy atom. The Labute approximate surface area is 167 Å². The molecule has 0 saturated heterocycles.